The third kappa shape index (κ3) is 4.91. The van der Waals surface area contributed by atoms with Gasteiger partial charge in [-0.3, -0.25) is 4.79 Å². The van der Waals surface area contributed by atoms with Crippen LogP contribution in [0.4, 0.5) is 0 Å². The van der Waals surface area contributed by atoms with E-state index in [0.29, 0.717) is 5.75 Å². The molecule has 0 bridgehead atoms. The van der Waals surface area contributed by atoms with Crippen LogP contribution in [0.1, 0.15) is 5.56 Å². The van der Waals surface area contributed by atoms with Gasteiger partial charge in [-0.25, -0.2) is 0 Å². The van der Waals surface area contributed by atoms with Gasteiger partial charge in [-0.2, -0.15) is 6.41 Å². The van der Waals surface area contributed by atoms with Crippen LogP contribution in [0.3, 0.4) is 0 Å². The predicted octanol–water partition coefficient (Wildman–Crippen LogP) is 0.351. The van der Waals surface area contributed by atoms with E-state index in [4.69, 9.17) is 16.3 Å². The van der Waals surface area contributed by atoms with E-state index >= 15 is 0 Å². The fraction of sp³-hybridized carbons (Fsp3) is 0.231. The van der Waals surface area contributed by atoms with Crippen LogP contribution in [0.15, 0.2) is 24.3 Å². The maximum atomic E-state index is 10.8. The largest absolute Gasteiger partial charge is 0.520 e. The molecule has 0 saturated heterocycles. The van der Waals surface area contributed by atoms with Crippen LogP contribution in [0, 0.1) is 12.3 Å². The number of rotatable bonds is 7. The number of aliphatic carboxylic acids is 1. The Morgan fingerprint density at radius 3 is 2.58 bits per heavy atom. The second-order valence-electron chi connectivity index (χ2n) is 3.48. The monoisotopic (exact) mass is 503 g/mol. The average Bonchev–Trinajstić information content (AvgIpc) is 2.37. The van der Waals surface area contributed by atoms with Gasteiger partial charge in [0, 0.05) is 6.42 Å². The molecule has 106 valence electrons. The summed E-state index contributed by atoms with van der Waals surface area (Å²) in [6, 6.07) is 5.83. The van der Waals surface area contributed by atoms with Crippen molar-refractivity contribution >= 4 is 12.4 Å². The van der Waals surface area contributed by atoms with Crippen molar-refractivity contribution in [1.82, 2.24) is 5.32 Å². The Bertz CT molecular complexity index is 453. The number of amides is 1. The van der Waals surface area contributed by atoms with E-state index in [2.05, 4.69) is 11.2 Å². The number of hydrogen-bond acceptors (Lipinski definition) is 3. The van der Waals surface area contributed by atoms with Gasteiger partial charge >= 0.3 is 5.97 Å². The summed E-state index contributed by atoms with van der Waals surface area (Å²) in [6.07, 6.45) is 6.62. The molecule has 1 aromatic rings. The van der Waals surface area contributed by atoms with Crippen LogP contribution in [0.5, 0.6) is 5.75 Å². The zero-order valence-corrected chi connectivity index (χ0v) is 12.2. The average molecular weight is 503 g/mol. The van der Waals surface area contributed by atoms with Crippen molar-refractivity contribution in [3.8, 4) is 18.1 Å². The summed E-state index contributed by atoms with van der Waals surface area (Å²) in [7, 11) is 0. The number of hydrogen-bond donors (Lipinski definition) is 2. The van der Waals surface area contributed by atoms with Crippen LogP contribution in [-0.2, 0) is 16.0 Å². The number of terminal acetylenes is 1. The molecule has 0 spiro atoms. The van der Waals surface area contributed by atoms with Gasteiger partial charge in [0.2, 0.25) is 0 Å². The van der Waals surface area contributed by atoms with E-state index in [9.17, 15) is 9.59 Å². The van der Waals surface area contributed by atoms with E-state index < -0.39 is 12.0 Å². The Balaban J connectivity index is 0.00000324. The van der Waals surface area contributed by atoms with Crippen molar-refractivity contribution < 1.29 is 19.4 Å². The molecule has 0 aliphatic carbocycles. The Kier molecular flexibility index (Phi) is 6.32. The maximum Gasteiger partial charge on any atom is 0.323 e. The van der Waals surface area contributed by atoms with Crippen LogP contribution < -0.4 is 10.1 Å². The normalized spacial score (nSPS) is 10.5. The van der Waals surface area contributed by atoms with E-state index in [1.807, 2.05) is 0 Å². The van der Waals surface area contributed by atoms with Gasteiger partial charge in [0.1, 0.15) is 18.4 Å². The summed E-state index contributed by atoms with van der Waals surface area (Å²) in [5.74, 6) is 1.85. The molecule has 0 unspecified atom stereocenters. The van der Waals surface area contributed by atoms with Crippen molar-refractivity contribution in [3.63, 3.8) is 0 Å². The Morgan fingerprint density at radius 1 is 1.47 bits per heavy atom. The van der Waals surface area contributed by atoms with Crippen molar-refractivity contribution in [2.24, 2.45) is 0 Å². The topological polar surface area (TPSA) is 75.6 Å². The van der Waals surface area contributed by atoms with Gasteiger partial charge in [0.15, 0.2) is 0 Å². The number of carbonyl (C=O) groups excluding carboxylic acids is 1. The summed E-state index contributed by atoms with van der Waals surface area (Å²) in [5, 5.41) is 11.0. The molecule has 0 aliphatic rings. The molecule has 0 saturated carbocycles. The maximum absolute atomic E-state index is 10.8. The first-order valence-corrected chi connectivity index (χ1v) is 5.18. The fourth-order valence-corrected chi connectivity index (χ4v) is 1.35. The van der Waals surface area contributed by atoms with Crippen LogP contribution in [-0.4, -0.2) is 30.1 Å². The number of carboxylic acids is 1. The van der Waals surface area contributed by atoms with Gasteiger partial charge in [-0.05, 0) is 17.7 Å². The third-order valence-corrected chi connectivity index (χ3v) is 2.22. The minimum atomic E-state index is -1.11. The van der Waals surface area contributed by atoms with Crippen LogP contribution in [0.25, 0.3) is 0 Å². The fourth-order valence-electron chi connectivity index (χ4n) is 1.35. The summed E-state index contributed by atoms with van der Waals surface area (Å²) in [4.78, 5) is 21.0. The molecule has 1 atom stereocenters. The van der Waals surface area contributed by atoms with Gasteiger partial charge in [-0.1, -0.05) is 18.1 Å². The first-order valence-electron chi connectivity index (χ1n) is 5.18. The summed E-state index contributed by atoms with van der Waals surface area (Å²) >= 11 is 0. The smallest absolute Gasteiger partial charge is 0.323 e. The Labute approximate surface area is 105 Å². The van der Waals surface area contributed by atoms with Gasteiger partial charge in [0.05, 0.1) is 0 Å². The second kappa shape index (κ2) is 7.74. The molecule has 0 fully saturated rings. The Hall–Kier alpha value is -3.48. The third-order valence-electron chi connectivity index (χ3n) is 2.22. The molecule has 6 heteroatoms. The molecule has 2 N–H and O–H groups in total. The molecule has 1 amide bonds. The molecule has 5 nitrogen and oxygen atoms in total. The molecular weight excluding hydrogens is 491 g/mol. The number of benzene rings is 1. The SMILES string of the molecule is C#CCOc1ccc(C[C@H](N[C-]=O)C(=O)O)cc1.[Fm]. The minimum Gasteiger partial charge on any atom is -0.520 e. The van der Waals surface area contributed by atoms with Crippen LogP contribution >= 0.6 is 0 Å². The quantitative estimate of drug-likeness (QED) is 0.320. The van der Waals surface area contributed by atoms with Gasteiger partial charge < -0.3 is 20.0 Å². The summed E-state index contributed by atoms with van der Waals surface area (Å²) < 4.78 is 5.18. The first kappa shape index (κ1) is 15.5. The number of carboxylic acid groups (broad SMARTS) is 1. The van der Waals surface area contributed by atoms with Crippen molar-refractivity contribution in [2.45, 2.75) is 12.5 Å². The predicted molar refractivity (Wildman–Crippen MR) is 64.7 cm³/mol. The van der Waals surface area contributed by atoms with Gasteiger partial charge in [0.25, 0.3) is 0 Å². The van der Waals surface area contributed by atoms with Crippen molar-refractivity contribution in [2.75, 3.05) is 6.61 Å². The first-order chi connectivity index (χ1) is 8.67. The molecule has 1 aromatic carbocycles. The molecule has 1 rings (SSSR count). The van der Waals surface area contributed by atoms with E-state index in [1.165, 1.54) is 6.41 Å². The second-order valence-corrected chi connectivity index (χ2v) is 3.48. The molecule has 0 aromatic heterocycles. The summed E-state index contributed by atoms with van der Waals surface area (Å²) in [5.41, 5.74) is 0.762. The number of nitrogens with one attached hydrogen (secondary N) is 1. The molecule has 0 heterocycles. The van der Waals surface area contributed by atoms with Crippen molar-refractivity contribution in [1.29, 1.82) is 0 Å². The number of ether oxygens (including phenoxy) is 1. The summed E-state index contributed by atoms with van der Waals surface area (Å²) in [6.45, 7) is 0.179. The minimum absolute atomic E-state index is 0. The van der Waals surface area contributed by atoms with E-state index in [1.54, 1.807) is 24.3 Å². The van der Waals surface area contributed by atoms with E-state index in [-0.39, 0.29) is 13.0 Å². The zero-order valence-electron chi connectivity index (χ0n) is 9.84. The number of carbonyl (C=O) groups is 1. The molecule has 0 aliphatic heterocycles. The zero-order chi connectivity index (χ0) is 13.4. The van der Waals surface area contributed by atoms with E-state index in [0.717, 1.165) is 5.56 Å². The van der Waals surface area contributed by atoms with Crippen LogP contribution in [0.2, 0.25) is 0 Å². The Morgan fingerprint density at radius 2 is 2.11 bits per heavy atom. The molecular formula is C13H12FmNO4-. The standard InChI is InChI=1S/C13H12NO4.Fm/c1-2-7-18-11-5-3-10(4-6-11)8-12(13(16)17)14-9-15;/h1,3-6,12H,7-8H2,(H,14,15)(H,16,17);/q-1;/t12-;/m0./s1. The molecule has 0 radical (unpaired) electrons. The van der Waals surface area contributed by atoms with Gasteiger partial charge in [-0.15, -0.1) is 6.42 Å². The van der Waals surface area contributed by atoms with Crippen molar-refractivity contribution in [3.05, 3.63) is 29.8 Å². The molecule has 19 heavy (non-hydrogen) atoms.